The standard InChI is InChI=1S/C16H19N5O3S/c17-25(23,24)13-6-4-5-12(11-13)18-16(22)14-7-8-15(20-19-14)21-9-2-1-3-10-21/h4-8,11H,1-3,9-10H2,(H,18,22)(H2,17,23,24). The van der Waals surface area contributed by atoms with E-state index in [1.54, 1.807) is 18.2 Å². The van der Waals surface area contributed by atoms with Crippen molar-refractivity contribution in [1.29, 1.82) is 0 Å². The average molecular weight is 361 g/mol. The zero-order valence-electron chi connectivity index (χ0n) is 13.6. The molecule has 0 aliphatic carbocycles. The number of aromatic nitrogens is 2. The molecule has 3 N–H and O–H groups in total. The molecule has 8 nitrogen and oxygen atoms in total. The number of nitrogens with one attached hydrogen (secondary N) is 1. The number of carbonyl (C=O) groups is 1. The van der Waals surface area contributed by atoms with Crippen LogP contribution in [0.3, 0.4) is 0 Å². The summed E-state index contributed by atoms with van der Waals surface area (Å²) >= 11 is 0. The molecule has 1 amide bonds. The fraction of sp³-hybridized carbons (Fsp3) is 0.312. The van der Waals surface area contributed by atoms with Gasteiger partial charge in [0.05, 0.1) is 4.90 Å². The zero-order valence-corrected chi connectivity index (χ0v) is 14.4. The second-order valence-electron chi connectivity index (χ2n) is 5.85. The van der Waals surface area contributed by atoms with Gasteiger partial charge in [0.1, 0.15) is 0 Å². The molecule has 1 aromatic carbocycles. The summed E-state index contributed by atoms with van der Waals surface area (Å²) in [6, 6.07) is 9.10. The predicted octanol–water partition coefficient (Wildman–Crippen LogP) is 1.37. The lowest BCUT2D eigenvalue weighted by atomic mass is 10.1. The Morgan fingerprint density at radius 3 is 2.48 bits per heavy atom. The first-order valence-corrected chi connectivity index (χ1v) is 9.51. The lowest BCUT2D eigenvalue weighted by Crippen LogP contribution is -2.30. The molecule has 1 aromatic heterocycles. The van der Waals surface area contributed by atoms with Crippen LogP contribution in [0.4, 0.5) is 11.5 Å². The molecule has 25 heavy (non-hydrogen) atoms. The molecule has 0 radical (unpaired) electrons. The molecule has 0 unspecified atom stereocenters. The van der Waals surface area contributed by atoms with Crippen molar-refractivity contribution in [3.63, 3.8) is 0 Å². The Balaban J connectivity index is 1.71. The van der Waals surface area contributed by atoms with E-state index in [4.69, 9.17) is 5.14 Å². The minimum atomic E-state index is -3.83. The predicted molar refractivity (Wildman–Crippen MR) is 93.9 cm³/mol. The number of amides is 1. The van der Waals surface area contributed by atoms with E-state index in [1.165, 1.54) is 24.6 Å². The van der Waals surface area contributed by atoms with Gasteiger partial charge in [0.2, 0.25) is 10.0 Å². The second-order valence-corrected chi connectivity index (χ2v) is 7.41. The smallest absolute Gasteiger partial charge is 0.276 e. The second kappa shape index (κ2) is 7.16. The van der Waals surface area contributed by atoms with Crippen LogP contribution in [-0.4, -0.2) is 37.6 Å². The summed E-state index contributed by atoms with van der Waals surface area (Å²) in [5.74, 6) is 0.289. The largest absolute Gasteiger partial charge is 0.355 e. The molecule has 1 aliphatic rings. The van der Waals surface area contributed by atoms with Gasteiger partial charge in [-0.1, -0.05) is 6.07 Å². The normalized spacial score (nSPS) is 15.0. The first-order valence-electron chi connectivity index (χ1n) is 7.96. The van der Waals surface area contributed by atoms with Gasteiger partial charge in [0.25, 0.3) is 5.91 Å². The molecule has 0 saturated carbocycles. The average Bonchev–Trinajstić information content (AvgIpc) is 2.62. The number of benzene rings is 1. The van der Waals surface area contributed by atoms with Crippen LogP contribution in [0.25, 0.3) is 0 Å². The number of nitrogens with zero attached hydrogens (tertiary/aromatic N) is 3. The van der Waals surface area contributed by atoms with E-state index in [9.17, 15) is 13.2 Å². The van der Waals surface area contributed by atoms with E-state index in [1.807, 2.05) is 0 Å². The minimum Gasteiger partial charge on any atom is -0.355 e. The van der Waals surface area contributed by atoms with Gasteiger partial charge < -0.3 is 10.2 Å². The van der Waals surface area contributed by atoms with Crippen LogP contribution in [0.5, 0.6) is 0 Å². The molecular formula is C16H19N5O3S. The summed E-state index contributed by atoms with van der Waals surface area (Å²) in [7, 11) is -3.83. The molecule has 132 valence electrons. The number of nitrogens with two attached hydrogens (primary N) is 1. The number of rotatable bonds is 4. The van der Waals surface area contributed by atoms with Crippen LogP contribution in [0.1, 0.15) is 29.8 Å². The quantitative estimate of drug-likeness (QED) is 0.849. The molecule has 9 heteroatoms. The van der Waals surface area contributed by atoms with E-state index in [2.05, 4.69) is 20.4 Å². The van der Waals surface area contributed by atoms with Gasteiger partial charge in [-0.3, -0.25) is 4.79 Å². The highest BCUT2D eigenvalue weighted by molar-refractivity contribution is 7.89. The lowest BCUT2D eigenvalue weighted by molar-refractivity contribution is 0.102. The maximum Gasteiger partial charge on any atom is 0.276 e. The third-order valence-corrected chi connectivity index (χ3v) is 4.89. The van der Waals surface area contributed by atoms with Crippen molar-refractivity contribution in [3.05, 3.63) is 42.1 Å². The zero-order chi connectivity index (χ0) is 17.9. The highest BCUT2D eigenvalue weighted by Gasteiger charge is 2.15. The van der Waals surface area contributed by atoms with Gasteiger partial charge in [-0.2, -0.15) is 0 Å². The topological polar surface area (TPSA) is 118 Å². The molecule has 3 rings (SSSR count). The summed E-state index contributed by atoms with van der Waals surface area (Å²) in [4.78, 5) is 14.3. The molecule has 1 fully saturated rings. The number of sulfonamides is 1. The Labute approximate surface area is 146 Å². The van der Waals surface area contributed by atoms with Crippen molar-refractivity contribution < 1.29 is 13.2 Å². The van der Waals surface area contributed by atoms with E-state index < -0.39 is 15.9 Å². The van der Waals surface area contributed by atoms with E-state index in [-0.39, 0.29) is 10.6 Å². The molecular weight excluding hydrogens is 342 g/mol. The number of anilines is 2. The summed E-state index contributed by atoms with van der Waals surface area (Å²) < 4.78 is 22.7. The SMILES string of the molecule is NS(=O)(=O)c1cccc(NC(=O)c2ccc(N3CCCCC3)nn2)c1. The molecule has 1 saturated heterocycles. The van der Waals surface area contributed by atoms with E-state index >= 15 is 0 Å². The molecule has 0 bridgehead atoms. The Morgan fingerprint density at radius 2 is 1.84 bits per heavy atom. The highest BCUT2D eigenvalue weighted by Crippen LogP contribution is 2.18. The number of primary sulfonamides is 1. The Morgan fingerprint density at radius 1 is 1.08 bits per heavy atom. The third-order valence-electron chi connectivity index (χ3n) is 3.98. The molecule has 2 heterocycles. The van der Waals surface area contributed by atoms with Crippen LogP contribution >= 0.6 is 0 Å². The van der Waals surface area contributed by atoms with Gasteiger partial charge in [-0.25, -0.2) is 13.6 Å². The molecule has 2 aromatic rings. The fourth-order valence-electron chi connectivity index (χ4n) is 2.68. The third kappa shape index (κ3) is 4.31. The van der Waals surface area contributed by atoms with Crippen LogP contribution in [0.2, 0.25) is 0 Å². The maximum absolute atomic E-state index is 12.3. The van der Waals surface area contributed by atoms with Crippen LogP contribution in [0, 0.1) is 0 Å². The number of carbonyl (C=O) groups excluding carboxylic acids is 1. The Hall–Kier alpha value is -2.52. The maximum atomic E-state index is 12.3. The number of piperidine rings is 1. The monoisotopic (exact) mass is 361 g/mol. The van der Waals surface area contributed by atoms with E-state index in [0.717, 1.165) is 31.7 Å². The first-order chi connectivity index (χ1) is 11.9. The molecule has 0 atom stereocenters. The van der Waals surface area contributed by atoms with Crippen LogP contribution in [0.15, 0.2) is 41.3 Å². The van der Waals surface area contributed by atoms with Gasteiger partial charge in [-0.15, -0.1) is 10.2 Å². The van der Waals surface area contributed by atoms with Crippen LogP contribution in [-0.2, 0) is 10.0 Å². The summed E-state index contributed by atoms with van der Waals surface area (Å²) in [6.07, 6.45) is 3.48. The summed E-state index contributed by atoms with van der Waals surface area (Å²) in [5, 5.41) is 15.8. The molecule has 0 spiro atoms. The van der Waals surface area contributed by atoms with Gasteiger partial charge >= 0.3 is 0 Å². The molecule has 1 aliphatic heterocycles. The first kappa shape index (κ1) is 17.3. The summed E-state index contributed by atoms with van der Waals surface area (Å²) in [6.45, 7) is 1.89. The lowest BCUT2D eigenvalue weighted by Gasteiger charge is -2.27. The number of hydrogen-bond donors (Lipinski definition) is 2. The number of hydrogen-bond acceptors (Lipinski definition) is 6. The van der Waals surface area contributed by atoms with Gasteiger partial charge in [0.15, 0.2) is 11.5 Å². The van der Waals surface area contributed by atoms with Crippen molar-refractivity contribution in [2.75, 3.05) is 23.3 Å². The van der Waals surface area contributed by atoms with Crippen LogP contribution < -0.4 is 15.4 Å². The van der Waals surface area contributed by atoms with Crippen molar-refractivity contribution in [3.8, 4) is 0 Å². The van der Waals surface area contributed by atoms with Crippen molar-refractivity contribution >= 4 is 27.4 Å². The van der Waals surface area contributed by atoms with Crippen molar-refractivity contribution in [2.24, 2.45) is 5.14 Å². The Bertz CT molecular complexity index is 862. The van der Waals surface area contributed by atoms with Crippen molar-refractivity contribution in [1.82, 2.24) is 10.2 Å². The highest BCUT2D eigenvalue weighted by atomic mass is 32.2. The minimum absolute atomic E-state index is 0.0724. The van der Waals surface area contributed by atoms with Gasteiger partial charge in [-0.05, 0) is 49.6 Å². The van der Waals surface area contributed by atoms with Gasteiger partial charge in [0, 0.05) is 18.8 Å². The summed E-state index contributed by atoms with van der Waals surface area (Å²) in [5.41, 5.74) is 0.472. The van der Waals surface area contributed by atoms with Crippen molar-refractivity contribution in [2.45, 2.75) is 24.2 Å². The van der Waals surface area contributed by atoms with E-state index in [0.29, 0.717) is 5.69 Å². The Kier molecular flexibility index (Phi) is 4.95. The fourth-order valence-corrected chi connectivity index (χ4v) is 3.24.